The second-order valence-electron chi connectivity index (χ2n) is 1.69. The zero-order chi connectivity index (χ0) is 17.9. The zero-order valence-corrected chi connectivity index (χ0v) is 11.5. The first kappa shape index (κ1) is 36.1. The molecule has 15 N–H and O–H groups in total. The summed E-state index contributed by atoms with van der Waals surface area (Å²) in [6.45, 7) is 0. The quantitative estimate of drug-likeness (QED) is 0.230. The normalized spacial score (nSPS) is 5.71. The van der Waals surface area contributed by atoms with E-state index in [1.165, 1.54) is 0 Å². The summed E-state index contributed by atoms with van der Waals surface area (Å²) in [6, 6.07) is 0. The van der Waals surface area contributed by atoms with Gasteiger partial charge in [-0.1, -0.05) is 0 Å². The molecule has 0 saturated carbocycles. The largest absolute Gasteiger partial charge is 0.465 e. The van der Waals surface area contributed by atoms with Gasteiger partial charge in [-0.15, -0.1) is 0 Å². The van der Waals surface area contributed by atoms with E-state index in [1.807, 2.05) is 0 Å². The van der Waals surface area contributed by atoms with Gasteiger partial charge < -0.3 is 54.2 Å². The molecule has 0 rings (SSSR count). The Hall–Kier alpha value is -3.07. The van der Waals surface area contributed by atoms with Gasteiger partial charge in [0.15, 0.2) is 0 Å². The molecule has 0 fully saturated rings. The van der Waals surface area contributed by atoms with Gasteiger partial charge in [0.05, 0.1) is 0 Å². The minimum atomic E-state index is -1.33. The molecule has 0 aromatic carbocycles. The minimum absolute atomic E-state index is 0. The van der Waals surface area contributed by atoms with Gasteiger partial charge in [-0.2, -0.15) is 0 Å². The van der Waals surface area contributed by atoms with Crippen molar-refractivity contribution in [1.82, 2.24) is 0 Å². The number of rotatable bonds is 0. The van der Waals surface area contributed by atoms with E-state index in [0.29, 0.717) is 0 Å². The van der Waals surface area contributed by atoms with Gasteiger partial charge in [0, 0.05) is 18.6 Å². The molecule has 0 aliphatic carbocycles. The maximum Gasteiger partial charge on any atom is 0.402 e. The Morgan fingerprint density at radius 2 is 0.429 bits per heavy atom. The SMILES string of the molecule is NC(=O)O.NC(=O)O.NC(=O)O.NC(=O)O.NC(=O)O.[V]. The molecule has 15 nitrogen and oxygen atoms in total. The first-order chi connectivity index (χ1) is 8.66. The number of nitrogens with two attached hydrogens (primary N) is 5. The van der Waals surface area contributed by atoms with Crippen LogP contribution in [0.4, 0.5) is 24.0 Å². The summed E-state index contributed by atoms with van der Waals surface area (Å²) in [5, 5.41) is 36.0. The van der Waals surface area contributed by atoms with Gasteiger partial charge in [-0.05, 0) is 0 Å². The molecule has 0 aromatic rings. The molecule has 0 aliphatic rings. The smallest absolute Gasteiger partial charge is 0.402 e. The Morgan fingerprint density at radius 3 is 0.429 bits per heavy atom. The molecule has 5 amide bonds. The third kappa shape index (κ3) is 402. The van der Waals surface area contributed by atoms with Crippen LogP contribution in [0.1, 0.15) is 0 Å². The maximum atomic E-state index is 8.78. The molecule has 0 aliphatic heterocycles. The Balaban J connectivity index is -0.0000000331. The molecule has 125 valence electrons. The van der Waals surface area contributed by atoms with Crippen LogP contribution in [0.5, 0.6) is 0 Å². The standard InChI is InChI=1S/5CH3NO2.V/c5*2-1(3)4;/h5*2H2,(H,3,4);. The van der Waals surface area contributed by atoms with E-state index in [1.54, 1.807) is 0 Å². The molecule has 0 bridgehead atoms. The fourth-order valence-corrected chi connectivity index (χ4v) is 0. The molecule has 0 atom stereocenters. The summed E-state index contributed by atoms with van der Waals surface area (Å²) in [4.78, 5) is 43.9. The number of amides is 5. The average Bonchev–Trinajstić information content (AvgIpc) is 1.94. The van der Waals surface area contributed by atoms with E-state index >= 15 is 0 Å². The second-order valence-corrected chi connectivity index (χ2v) is 1.69. The predicted molar refractivity (Wildman–Crippen MR) is 61.1 cm³/mol. The fraction of sp³-hybridized carbons (Fsp3) is 0. The summed E-state index contributed by atoms with van der Waals surface area (Å²) >= 11 is 0. The van der Waals surface area contributed by atoms with E-state index in [4.69, 9.17) is 49.5 Å². The monoisotopic (exact) mass is 356 g/mol. The molecule has 0 aromatic heterocycles. The van der Waals surface area contributed by atoms with Crippen molar-refractivity contribution in [2.45, 2.75) is 0 Å². The van der Waals surface area contributed by atoms with Crippen molar-refractivity contribution < 1.29 is 68.1 Å². The molecule has 1 radical (unpaired) electrons. The number of carbonyl (C=O) groups is 5. The first-order valence-corrected chi connectivity index (χ1v) is 3.58. The van der Waals surface area contributed by atoms with Crippen LogP contribution in [0.15, 0.2) is 0 Å². The van der Waals surface area contributed by atoms with Crippen LogP contribution < -0.4 is 28.7 Å². The third-order valence-corrected chi connectivity index (χ3v) is 0. The number of carboxylic acid groups (broad SMARTS) is 5. The predicted octanol–water partition coefficient (Wildman–Crippen LogP) is -1.89. The van der Waals surface area contributed by atoms with E-state index in [-0.39, 0.29) is 18.6 Å². The van der Waals surface area contributed by atoms with Crippen molar-refractivity contribution in [1.29, 1.82) is 0 Å². The summed E-state index contributed by atoms with van der Waals surface area (Å²) in [6.07, 6.45) is -6.67. The van der Waals surface area contributed by atoms with Crippen molar-refractivity contribution in [3.05, 3.63) is 0 Å². The number of primary amides is 5. The van der Waals surface area contributed by atoms with Gasteiger partial charge in [-0.25, -0.2) is 24.0 Å². The van der Waals surface area contributed by atoms with Gasteiger partial charge in [0.2, 0.25) is 0 Å². The van der Waals surface area contributed by atoms with Gasteiger partial charge in [-0.3, -0.25) is 0 Å². The Morgan fingerprint density at radius 1 is 0.429 bits per heavy atom. The van der Waals surface area contributed by atoms with E-state index in [0.717, 1.165) is 0 Å². The van der Waals surface area contributed by atoms with Gasteiger partial charge in [0.1, 0.15) is 0 Å². The van der Waals surface area contributed by atoms with Crippen LogP contribution >= 0.6 is 0 Å². The molecule has 21 heavy (non-hydrogen) atoms. The fourth-order valence-electron chi connectivity index (χ4n) is 0. The van der Waals surface area contributed by atoms with Crippen molar-refractivity contribution in [3.63, 3.8) is 0 Å². The second kappa shape index (κ2) is 30.2. The van der Waals surface area contributed by atoms with Gasteiger partial charge in [0.25, 0.3) is 0 Å². The van der Waals surface area contributed by atoms with Crippen molar-refractivity contribution in [3.8, 4) is 0 Å². The van der Waals surface area contributed by atoms with Crippen LogP contribution in [-0.2, 0) is 18.6 Å². The molecule has 0 spiro atoms. The molecule has 16 heteroatoms. The Labute approximate surface area is 128 Å². The molecule has 0 unspecified atom stereocenters. The van der Waals surface area contributed by atoms with Gasteiger partial charge >= 0.3 is 30.5 Å². The first-order valence-electron chi connectivity index (χ1n) is 3.58. The number of hydrogen-bond donors (Lipinski definition) is 10. The summed E-state index contributed by atoms with van der Waals surface area (Å²) in [7, 11) is 0. The van der Waals surface area contributed by atoms with Crippen molar-refractivity contribution in [2.24, 2.45) is 28.7 Å². The van der Waals surface area contributed by atoms with Crippen LogP contribution in [0.3, 0.4) is 0 Å². The van der Waals surface area contributed by atoms with Crippen molar-refractivity contribution in [2.75, 3.05) is 0 Å². The molecular formula is C5H15N5O10V. The number of hydrogen-bond acceptors (Lipinski definition) is 5. The van der Waals surface area contributed by atoms with Crippen molar-refractivity contribution >= 4 is 30.5 Å². The van der Waals surface area contributed by atoms with E-state index < -0.39 is 30.5 Å². The Kier molecular flexibility index (Phi) is 51.9. The van der Waals surface area contributed by atoms with E-state index in [2.05, 4.69) is 28.7 Å². The van der Waals surface area contributed by atoms with Crippen LogP contribution in [0, 0.1) is 0 Å². The van der Waals surface area contributed by atoms with Crippen LogP contribution in [0.25, 0.3) is 0 Å². The van der Waals surface area contributed by atoms with Crippen LogP contribution in [-0.4, -0.2) is 56.0 Å². The summed E-state index contributed by atoms with van der Waals surface area (Å²) < 4.78 is 0. The summed E-state index contributed by atoms with van der Waals surface area (Å²) in [5.41, 5.74) is 20.1. The maximum absolute atomic E-state index is 8.78. The molecule has 0 heterocycles. The minimum Gasteiger partial charge on any atom is -0.465 e. The molecule has 0 saturated heterocycles. The summed E-state index contributed by atoms with van der Waals surface area (Å²) in [5.74, 6) is 0. The van der Waals surface area contributed by atoms with Crippen LogP contribution in [0.2, 0.25) is 0 Å². The average molecular weight is 356 g/mol. The zero-order valence-electron chi connectivity index (χ0n) is 10.1. The third-order valence-electron chi connectivity index (χ3n) is 0. The Bertz CT molecular complexity index is 221. The molecular weight excluding hydrogens is 341 g/mol. The van der Waals surface area contributed by atoms with E-state index in [9.17, 15) is 0 Å². The topological polar surface area (TPSA) is 317 Å².